The third-order valence-corrected chi connectivity index (χ3v) is 4.37. The zero-order chi connectivity index (χ0) is 17.5. The van der Waals surface area contributed by atoms with Gasteiger partial charge < -0.3 is 19.3 Å². The average Bonchev–Trinajstić information content (AvgIpc) is 2.61. The largest absolute Gasteiger partial charge is 0.493 e. The summed E-state index contributed by atoms with van der Waals surface area (Å²) in [5.74, 6) is 1.11. The lowest BCUT2D eigenvalue weighted by Crippen LogP contribution is -2.48. The fourth-order valence-electron chi connectivity index (χ4n) is 2.68. The second-order valence-electron chi connectivity index (χ2n) is 5.56. The van der Waals surface area contributed by atoms with E-state index >= 15 is 0 Å². The number of nitrogens with zero attached hydrogens (tertiary/aromatic N) is 2. The van der Waals surface area contributed by atoms with Crippen LogP contribution in [-0.4, -0.2) is 62.1 Å². The monoisotopic (exact) mass is 352 g/mol. The molecule has 0 bridgehead atoms. The minimum atomic E-state index is 0.0229. The van der Waals surface area contributed by atoms with Gasteiger partial charge in [-0.2, -0.15) is 0 Å². The highest BCUT2D eigenvalue weighted by Gasteiger charge is 2.18. The van der Waals surface area contributed by atoms with E-state index in [1.165, 1.54) is 0 Å². The van der Waals surface area contributed by atoms with Crippen molar-refractivity contribution in [1.29, 1.82) is 0 Å². The van der Waals surface area contributed by atoms with Gasteiger partial charge in [0.05, 0.1) is 18.7 Å². The van der Waals surface area contributed by atoms with Crippen molar-refractivity contribution in [1.82, 2.24) is 9.80 Å². The smallest absolute Gasteiger partial charge is 0.246 e. The molecule has 24 heavy (non-hydrogen) atoms. The first-order chi connectivity index (χ1) is 11.6. The van der Waals surface area contributed by atoms with Crippen LogP contribution in [0.5, 0.6) is 11.5 Å². The van der Waals surface area contributed by atoms with Crippen molar-refractivity contribution in [3.8, 4) is 11.5 Å². The van der Waals surface area contributed by atoms with Gasteiger partial charge >= 0.3 is 0 Å². The molecule has 0 saturated carbocycles. The molecule has 1 amide bonds. The van der Waals surface area contributed by atoms with Gasteiger partial charge in [-0.1, -0.05) is 18.5 Å². The minimum absolute atomic E-state index is 0.0229. The minimum Gasteiger partial charge on any atom is -0.493 e. The van der Waals surface area contributed by atoms with Crippen LogP contribution in [0.1, 0.15) is 19.4 Å². The molecule has 1 fully saturated rings. The first kappa shape index (κ1) is 18.6. The Morgan fingerprint density at radius 3 is 2.54 bits per heavy atom. The van der Waals surface area contributed by atoms with Gasteiger partial charge in [-0.3, -0.25) is 4.79 Å². The van der Waals surface area contributed by atoms with Crippen LogP contribution < -0.4 is 9.47 Å². The molecule has 0 radical (unpaired) electrons. The van der Waals surface area contributed by atoms with Crippen LogP contribution in [-0.2, 0) is 4.79 Å². The molecular formula is C18H25ClN2O3. The normalized spacial score (nSPS) is 15.8. The Hall–Kier alpha value is -1.72. The Morgan fingerprint density at radius 1 is 1.25 bits per heavy atom. The molecule has 0 aromatic heterocycles. The van der Waals surface area contributed by atoms with Gasteiger partial charge in [0.25, 0.3) is 0 Å². The number of likely N-dealkylation sites (N-methyl/N-ethyl adjacent to an activating group) is 1. The molecule has 1 saturated heterocycles. The van der Waals surface area contributed by atoms with Crippen molar-refractivity contribution < 1.29 is 14.3 Å². The van der Waals surface area contributed by atoms with Gasteiger partial charge in [-0.05, 0) is 37.2 Å². The number of halogens is 1. The van der Waals surface area contributed by atoms with Crippen molar-refractivity contribution in [3.05, 3.63) is 28.8 Å². The molecule has 0 unspecified atom stereocenters. The molecule has 132 valence electrons. The topological polar surface area (TPSA) is 42.0 Å². The van der Waals surface area contributed by atoms with Crippen molar-refractivity contribution >= 4 is 23.6 Å². The summed E-state index contributed by atoms with van der Waals surface area (Å²) in [4.78, 5) is 16.5. The summed E-state index contributed by atoms with van der Waals surface area (Å²) in [5, 5.41) is 0.472. The molecule has 5 nitrogen and oxygen atoms in total. The highest BCUT2D eigenvalue weighted by molar-refractivity contribution is 6.32. The van der Waals surface area contributed by atoms with Crippen LogP contribution >= 0.6 is 11.6 Å². The Morgan fingerprint density at radius 2 is 1.96 bits per heavy atom. The summed E-state index contributed by atoms with van der Waals surface area (Å²) in [6.07, 6.45) is 3.35. The highest BCUT2D eigenvalue weighted by atomic mass is 35.5. The average molecular weight is 353 g/mol. The van der Waals surface area contributed by atoms with Crippen molar-refractivity contribution in [2.45, 2.75) is 13.8 Å². The summed E-state index contributed by atoms with van der Waals surface area (Å²) >= 11 is 6.25. The van der Waals surface area contributed by atoms with Crippen LogP contribution in [0.4, 0.5) is 0 Å². The van der Waals surface area contributed by atoms with Gasteiger partial charge in [0.2, 0.25) is 5.91 Å². The predicted octanol–water partition coefficient (Wildman–Crippen LogP) is 2.92. The lowest BCUT2D eigenvalue weighted by molar-refractivity contribution is -0.127. The van der Waals surface area contributed by atoms with E-state index in [-0.39, 0.29) is 5.91 Å². The molecule has 0 N–H and O–H groups in total. The quantitative estimate of drug-likeness (QED) is 0.738. The number of hydrogen-bond donors (Lipinski definition) is 0. The Bertz CT molecular complexity index is 596. The lowest BCUT2D eigenvalue weighted by atomic mass is 10.1. The first-order valence-corrected chi connectivity index (χ1v) is 8.66. The Kier molecular flexibility index (Phi) is 6.94. The molecule has 6 heteroatoms. The standard InChI is InChI=1S/C18H25ClN2O3/c1-4-20-8-10-21(11-9-20)17(22)7-6-14-12-15(19)18(24-5-2)16(13-14)23-3/h6-7,12-13H,4-5,8-11H2,1-3H3/b7-6+. The maximum Gasteiger partial charge on any atom is 0.246 e. The second-order valence-corrected chi connectivity index (χ2v) is 5.97. The Labute approximate surface area is 148 Å². The third kappa shape index (κ3) is 4.65. The van der Waals surface area contributed by atoms with Gasteiger partial charge in [-0.15, -0.1) is 0 Å². The number of amides is 1. The number of carbonyl (C=O) groups excluding carboxylic acids is 1. The number of hydrogen-bond acceptors (Lipinski definition) is 4. The molecule has 1 aromatic rings. The van der Waals surface area contributed by atoms with E-state index in [9.17, 15) is 4.79 Å². The zero-order valence-corrected chi connectivity index (χ0v) is 15.3. The van der Waals surface area contributed by atoms with Crippen LogP contribution in [0.3, 0.4) is 0 Å². The third-order valence-electron chi connectivity index (χ3n) is 4.09. The van der Waals surface area contributed by atoms with Crippen LogP contribution in [0.25, 0.3) is 6.08 Å². The number of rotatable bonds is 6. The molecule has 0 spiro atoms. The van der Waals surface area contributed by atoms with Gasteiger partial charge in [0, 0.05) is 32.3 Å². The number of methoxy groups -OCH3 is 1. The Balaban J connectivity index is 2.06. The highest BCUT2D eigenvalue weighted by Crippen LogP contribution is 2.36. The predicted molar refractivity (Wildman–Crippen MR) is 96.9 cm³/mol. The van der Waals surface area contributed by atoms with E-state index in [1.54, 1.807) is 25.3 Å². The molecule has 1 heterocycles. The molecule has 2 rings (SSSR count). The van der Waals surface area contributed by atoms with E-state index in [2.05, 4.69) is 11.8 Å². The fraction of sp³-hybridized carbons (Fsp3) is 0.500. The van der Waals surface area contributed by atoms with E-state index in [0.29, 0.717) is 23.1 Å². The molecule has 1 aliphatic heterocycles. The fourth-order valence-corrected chi connectivity index (χ4v) is 2.95. The summed E-state index contributed by atoms with van der Waals surface area (Å²) in [5.41, 5.74) is 0.806. The second kappa shape index (κ2) is 8.94. The van der Waals surface area contributed by atoms with E-state index in [0.717, 1.165) is 38.3 Å². The summed E-state index contributed by atoms with van der Waals surface area (Å²) < 4.78 is 10.8. The van der Waals surface area contributed by atoms with E-state index in [4.69, 9.17) is 21.1 Å². The van der Waals surface area contributed by atoms with Gasteiger partial charge in [0.15, 0.2) is 11.5 Å². The number of ether oxygens (including phenoxy) is 2. The van der Waals surface area contributed by atoms with Crippen LogP contribution in [0, 0.1) is 0 Å². The molecule has 0 atom stereocenters. The molecule has 0 aliphatic carbocycles. The molecule has 1 aliphatic rings. The first-order valence-electron chi connectivity index (χ1n) is 8.28. The van der Waals surface area contributed by atoms with Crippen molar-refractivity contribution in [2.24, 2.45) is 0 Å². The van der Waals surface area contributed by atoms with Crippen LogP contribution in [0.15, 0.2) is 18.2 Å². The maximum atomic E-state index is 12.3. The van der Waals surface area contributed by atoms with Gasteiger partial charge in [-0.25, -0.2) is 0 Å². The molecule has 1 aromatic carbocycles. The van der Waals surface area contributed by atoms with Crippen LogP contribution in [0.2, 0.25) is 5.02 Å². The summed E-state index contributed by atoms with van der Waals surface area (Å²) in [6, 6.07) is 3.59. The lowest BCUT2D eigenvalue weighted by Gasteiger charge is -2.33. The summed E-state index contributed by atoms with van der Waals surface area (Å²) in [7, 11) is 1.57. The zero-order valence-electron chi connectivity index (χ0n) is 14.5. The van der Waals surface area contributed by atoms with E-state index in [1.807, 2.05) is 17.9 Å². The maximum absolute atomic E-state index is 12.3. The van der Waals surface area contributed by atoms with E-state index < -0.39 is 0 Å². The van der Waals surface area contributed by atoms with Crippen molar-refractivity contribution in [3.63, 3.8) is 0 Å². The van der Waals surface area contributed by atoms with Gasteiger partial charge in [0.1, 0.15) is 0 Å². The molecular weight excluding hydrogens is 328 g/mol. The van der Waals surface area contributed by atoms with Crippen molar-refractivity contribution in [2.75, 3.05) is 46.4 Å². The number of carbonyl (C=O) groups is 1. The number of benzene rings is 1. The summed E-state index contributed by atoms with van der Waals surface area (Å²) in [6.45, 7) is 8.96. The SMILES string of the molecule is CCOc1c(Cl)cc(/C=C/C(=O)N2CCN(CC)CC2)cc1OC. The number of piperazine rings is 1.